The average molecular weight is 389 g/mol. The van der Waals surface area contributed by atoms with Crippen LogP contribution in [0.5, 0.6) is 5.75 Å². The Morgan fingerprint density at radius 2 is 1.52 bits per heavy atom. The third-order valence-corrected chi connectivity index (χ3v) is 4.34. The number of aromatic hydroxyl groups is 1. The second-order valence-corrected chi connectivity index (χ2v) is 6.31. The van der Waals surface area contributed by atoms with Crippen molar-refractivity contribution in [3.05, 3.63) is 84.7 Å². The molecule has 5 rings (SSSR count). The highest BCUT2D eigenvalue weighted by atomic mass is 16.7. The minimum Gasteiger partial charge on any atom is -0.506 e. The van der Waals surface area contributed by atoms with Gasteiger partial charge in [0.1, 0.15) is 17.9 Å². The summed E-state index contributed by atoms with van der Waals surface area (Å²) in [7, 11) is 0. The second kappa shape index (κ2) is 7.81. The molecule has 0 radical (unpaired) electrons. The molecular formula is C21H19N5O3. The second-order valence-electron chi connectivity index (χ2n) is 6.31. The van der Waals surface area contributed by atoms with Crippen LogP contribution in [-0.4, -0.2) is 30.2 Å². The van der Waals surface area contributed by atoms with Gasteiger partial charge in [0.25, 0.3) is 0 Å². The predicted octanol–water partition coefficient (Wildman–Crippen LogP) is 3.23. The Hall–Kier alpha value is -4.20. The molecule has 0 unspecified atom stereocenters. The summed E-state index contributed by atoms with van der Waals surface area (Å²) >= 11 is 0. The Kier molecular flexibility index (Phi) is 4.90. The molecule has 0 atom stereocenters. The van der Waals surface area contributed by atoms with Crippen LogP contribution in [0.4, 0.5) is 5.69 Å². The highest BCUT2D eigenvalue weighted by Gasteiger charge is 2.06. The number of hydrogen-bond donors (Lipinski definition) is 3. The zero-order valence-corrected chi connectivity index (χ0v) is 15.4. The lowest BCUT2D eigenvalue weighted by molar-refractivity contribution is 0.0797. The molecule has 3 aromatic carbocycles. The number of rotatable bonds is 3. The first kappa shape index (κ1) is 18.2. The van der Waals surface area contributed by atoms with E-state index in [1.54, 1.807) is 18.3 Å². The molecule has 5 aromatic rings. The first-order valence-electron chi connectivity index (χ1n) is 8.88. The fraction of sp³-hybridized carbons (Fsp3) is 0.0476. The van der Waals surface area contributed by atoms with Crippen LogP contribution in [0.15, 0.2) is 79.1 Å². The number of nitrogen functional groups attached to an aromatic ring is 1. The summed E-state index contributed by atoms with van der Waals surface area (Å²) in [5.74, 6) is 0.0301. The fourth-order valence-corrected chi connectivity index (χ4v) is 2.93. The number of phenolic OH excluding ortho intramolecular Hbond substituents is 1. The van der Waals surface area contributed by atoms with Gasteiger partial charge >= 0.3 is 0 Å². The smallest absolute Gasteiger partial charge is 0.151 e. The van der Waals surface area contributed by atoms with Gasteiger partial charge < -0.3 is 20.9 Å². The summed E-state index contributed by atoms with van der Waals surface area (Å²) < 4.78 is 0. The summed E-state index contributed by atoms with van der Waals surface area (Å²) in [5.41, 5.74) is 8.84. The largest absolute Gasteiger partial charge is 0.506 e. The Morgan fingerprint density at radius 3 is 2.28 bits per heavy atom. The van der Waals surface area contributed by atoms with Crippen LogP contribution in [0.1, 0.15) is 5.56 Å². The van der Waals surface area contributed by atoms with Gasteiger partial charge in [0.05, 0.1) is 18.1 Å². The highest BCUT2D eigenvalue weighted by molar-refractivity contribution is 5.89. The monoisotopic (exact) mass is 389 g/mol. The molecule has 8 heteroatoms. The zero-order chi connectivity index (χ0) is 20.2. The van der Waals surface area contributed by atoms with E-state index >= 15 is 0 Å². The first-order chi connectivity index (χ1) is 14.1. The van der Waals surface area contributed by atoms with Gasteiger partial charge in [-0.3, -0.25) is 0 Å². The summed E-state index contributed by atoms with van der Waals surface area (Å²) in [4.78, 5) is 7.79. The van der Waals surface area contributed by atoms with E-state index in [2.05, 4.69) is 10.2 Å². The predicted molar refractivity (Wildman–Crippen MR) is 109 cm³/mol. The number of para-hydroxylation sites is 2. The van der Waals surface area contributed by atoms with Crippen LogP contribution in [0, 0.1) is 0 Å². The van der Waals surface area contributed by atoms with Crippen LogP contribution in [0.2, 0.25) is 0 Å². The van der Waals surface area contributed by atoms with E-state index in [1.165, 1.54) is 17.1 Å². The van der Waals surface area contributed by atoms with Gasteiger partial charge in [0, 0.05) is 10.8 Å². The maximum absolute atomic E-state index is 9.22. The lowest BCUT2D eigenvalue weighted by Crippen LogP contribution is -2.13. The quantitative estimate of drug-likeness (QED) is 0.323. The Bertz CT molecular complexity index is 1250. The summed E-state index contributed by atoms with van der Waals surface area (Å²) in [6.45, 7) is 0.464. The van der Waals surface area contributed by atoms with Crippen molar-refractivity contribution in [2.75, 3.05) is 5.73 Å². The minimum absolute atomic E-state index is 0.0301. The molecule has 0 aliphatic rings. The normalized spacial score (nSPS) is 10.6. The van der Waals surface area contributed by atoms with Gasteiger partial charge in [-0.25, -0.2) is 0 Å². The van der Waals surface area contributed by atoms with E-state index in [1.807, 2.05) is 48.5 Å². The lowest BCUT2D eigenvalue weighted by Gasteiger charge is -2.07. The van der Waals surface area contributed by atoms with Crippen molar-refractivity contribution in [3.63, 3.8) is 0 Å². The van der Waals surface area contributed by atoms with Gasteiger partial charge in [-0.15, -0.1) is 10.2 Å². The number of fused-ring (bicyclic) bond motifs is 2. The van der Waals surface area contributed by atoms with E-state index in [9.17, 15) is 5.11 Å². The molecule has 2 aromatic heterocycles. The Morgan fingerprint density at radius 1 is 0.828 bits per heavy atom. The number of nitrogens with zero attached hydrogens (tertiary/aromatic N) is 4. The molecule has 4 N–H and O–H groups in total. The Labute approximate surface area is 165 Å². The molecule has 0 aliphatic carbocycles. The van der Waals surface area contributed by atoms with Crippen molar-refractivity contribution < 1.29 is 15.2 Å². The summed E-state index contributed by atoms with van der Waals surface area (Å²) in [6, 6.07) is 20.6. The maximum atomic E-state index is 9.22. The van der Waals surface area contributed by atoms with Crippen molar-refractivity contribution in [1.82, 2.24) is 19.9 Å². The lowest BCUT2D eigenvalue weighted by atomic mass is 10.2. The Balaban J connectivity index is 0.000000159. The van der Waals surface area contributed by atoms with Crippen molar-refractivity contribution in [2.45, 2.75) is 6.61 Å². The van der Waals surface area contributed by atoms with Crippen LogP contribution >= 0.6 is 0 Å². The van der Waals surface area contributed by atoms with Crippen LogP contribution in [0.25, 0.3) is 21.8 Å². The van der Waals surface area contributed by atoms with Crippen molar-refractivity contribution >= 4 is 27.5 Å². The maximum Gasteiger partial charge on any atom is 0.151 e. The summed E-state index contributed by atoms with van der Waals surface area (Å²) in [6.07, 6.45) is 3.23. The molecule has 0 saturated heterocycles. The van der Waals surface area contributed by atoms with E-state index in [0.717, 1.165) is 16.5 Å². The highest BCUT2D eigenvalue weighted by Crippen LogP contribution is 2.22. The third-order valence-electron chi connectivity index (χ3n) is 4.34. The number of anilines is 1. The molecule has 0 fully saturated rings. The topological polar surface area (TPSA) is 111 Å². The van der Waals surface area contributed by atoms with E-state index in [4.69, 9.17) is 15.8 Å². The summed E-state index contributed by atoms with van der Waals surface area (Å²) in [5, 5.41) is 27.7. The number of benzene rings is 3. The van der Waals surface area contributed by atoms with Gasteiger partial charge in [-0.05, 0) is 17.7 Å². The molecular weight excluding hydrogens is 370 g/mol. The van der Waals surface area contributed by atoms with Gasteiger partial charge in [-0.2, -0.15) is 0 Å². The number of phenols is 1. The molecule has 8 nitrogen and oxygen atoms in total. The third kappa shape index (κ3) is 3.77. The minimum atomic E-state index is 0.0301. The van der Waals surface area contributed by atoms with E-state index in [-0.39, 0.29) is 5.75 Å². The standard InChI is InChI=1S/C14H13N3O.C7H6N2O2/c15-13-8-4-7-12-9-16-17(14(12)13)18-10-11-5-2-1-3-6-11;10-6-3-1-2-5-4-8-9(11)7(5)6/h1-9H,10,15H2;1-4,10-11H. The van der Waals surface area contributed by atoms with E-state index < -0.39 is 0 Å². The first-order valence-corrected chi connectivity index (χ1v) is 8.88. The van der Waals surface area contributed by atoms with Gasteiger partial charge in [0.2, 0.25) is 0 Å². The van der Waals surface area contributed by atoms with Crippen molar-refractivity contribution in [2.24, 2.45) is 0 Å². The van der Waals surface area contributed by atoms with Crippen LogP contribution in [0.3, 0.4) is 0 Å². The molecule has 0 saturated carbocycles. The number of nitrogens with two attached hydrogens (primary N) is 1. The molecule has 29 heavy (non-hydrogen) atoms. The SMILES string of the molecule is Nc1cccc2cnn(OCc3ccccc3)c12.Oc1cccc2cnn(O)c12. The van der Waals surface area contributed by atoms with Crippen LogP contribution < -0.4 is 10.6 Å². The van der Waals surface area contributed by atoms with Crippen LogP contribution in [-0.2, 0) is 6.61 Å². The molecule has 0 bridgehead atoms. The number of hydrogen-bond acceptors (Lipinski definition) is 6. The zero-order valence-electron chi connectivity index (χ0n) is 15.4. The fourth-order valence-electron chi connectivity index (χ4n) is 2.93. The average Bonchev–Trinajstić information content (AvgIpc) is 3.33. The van der Waals surface area contributed by atoms with Gasteiger partial charge in [-0.1, -0.05) is 64.3 Å². The molecule has 0 aliphatic heterocycles. The molecule has 2 heterocycles. The number of aromatic nitrogens is 4. The van der Waals surface area contributed by atoms with Crippen molar-refractivity contribution in [3.8, 4) is 5.75 Å². The molecule has 146 valence electrons. The molecule has 0 amide bonds. The van der Waals surface area contributed by atoms with Gasteiger partial charge in [0.15, 0.2) is 5.52 Å². The van der Waals surface area contributed by atoms with E-state index in [0.29, 0.717) is 28.0 Å². The van der Waals surface area contributed by atoms with Crippen molar-refractivity contribution in [1.29, 1.82) is 0 Å². The molecule has 0 spiro atoms.